The smallest absolute Gasteiger partial charge is 0.125 e. The van der Waals surface area contributed by atoms with E-state index >= 15 is 0 Å². The number of rotatable bonds is 7. The average Bonchev–Trinajstić information content (AvgIpc) is 3.36. The first-order valence-corrected chi connectivity index (χ1v) is 28.1. The van der Waals surface area contributed by atoms with E-state index in [2.05, 4.69) is 156 Å². The first-order chi connectivity index (χ1) is 35.9. The highest BCUT2D eigenvalue weighted by molar-refractivity contribution is 5.71. The Morgan fingerprint density at radius 3 is 0.434 bits per heavy atom. The fraction of sp³-hybridized carbons (Fsp3) is 0.486. The van der Waals surface area contributed by atoms with Crippen LogP contribution in [0.1, 0.15) is 172 Å². The quantitative estimate of drug-likeness (QED) is 0.159. The summed E-state index contributed by atoms with van der Waals surface area (Å²) in [6.07, 6.45) is 9.74. The van der Waals surface area contributed by atoms with Gasteiger partial charge in [0, 0.05) is 0 Å². The molecule has 0 saturated heterocycles. The largest absolute Gasteiger partial charge is 0.496 e. The van der Waals surface area contributed by atoms with Crippen molar-refractivity contribution in [1.82, 2.24) is 0 Å². The van der Waals surface area contributed by atoms with E-state index in [9.17, 15) is 0 Å². The maximum Gasteiger partial charge on any atom is 0.125 e. The van der Waals surface area contributed by atoms with Crippen molar-refractivity contribution in [3.8, 4) is 45.6 Å². The zero-order chi connectivity index (χ0) is 55.1. The SMILES string of the molecule is COc1c2cc(-c3cc4c(OC)c(c3)CCc3cc(C(C)(C)C)cc(c3OC)CCc3cc(C(C)(C)C)cc(c3OC)CC4)cc1CCc1cc(C(C)(C)C)cc(c1OC)CCc1cc(C(C)(C)C)cc(c1OC)CC2. The van der Waals surface area contributed by atoms with Crippen LogP contribution in [0.4, 0.5) is 0 Å². The molecule has 0 fully saturated rings. The molecule has 76 heavy (non-hydrogen) atoms. The third-order valence-electron chi connectivity index (χ3n) is 16.5. The van der Waals surface area contributed by atoms with E-state index in [4.69, 9.17) is 28.4 Å². The summed E-state index contributed by atoms with van der Waals surface area (Å²) in [5, 5.41) is 0. The first-order valence-electron chi connectivity index (χ1n) is 28.1. The van der Waals surface area contributed by atoms with Gasteiger partial charge in [-0.2, -0.15) is 0 Å². The Morgan fingerprint density at radius 2 is 0.329 bits per heavy atom. The summed E-state index contributed by atoms with van der Waals surface area (Å²) in [6.45, 7) is 27.7. The van der Waals surface area contributed by atoms with Crippen LogP contribution in [0.3, 0.4) is 0 Å². The fourth-order valence-corrected chi connectivity index (χ4v) is 12.0. The third kappa shape index (κ3) is 12.0. The van der Waals surface area contributed by atoms with Gasteiger partial charge in [-0.3, -0.25) is 0 Å². The highest BCUT2D eigenvalue weighted by Gasteiger charge is 2.28. The summed E-state index contributed by atoms with van der Waals surface area (Å²) in [5.41, 5.74) is 22.1. The number of methoxy groups -OCH3 is 6. The van der Waals surface area contributed by atoms with E-state index in [0.717, 1.165) is 112 Å². The minimum atomic E-state index is -0.0495. The molecule has 6 heteroatoms. The molecule has 0 aliphatic heterocycles. The standard InChI is InChI=1S/C70H90O6/c1-67(2,3)57-35-47-23-19-43-31-55(32-44(61(43)71-13)20-24-48-36-58(68(4,5)6)40-52(64(48)74-16)28-27-51(39-57)63(47)73-15)56-33-45-21-25-49-37-59(69(7,8)9)41-53(65(49)75-17)29-30-54-42-60(70(10,11)12)38-50(66(54)76-18)26-22-46(34-56)62(45)72-14/h31-42H,19-30H2,1-18H3. The Morgan fingerprint density at radius 1 is 0.211 bits per heavy atom. The molecule has 406 valence electrons. The number of hydrogen-bond donors (Lipinski definition) is 0. The van der Waals surface area contributed by atoms with Gasteiger partial charge in [0.25, 0.3) is 0 Å². The van der Waals surface area contributed by atoms with Gasteiger partial charge in [-0.05, 0) is 223 Å². The highest BCUT2D eigenvalue weighted by atomic mass is 16.5. The maximum atomic E-state index is 6.56. The molecule has 0 amide bonds. The predicted octanol–water partition coefficient (Wildman–Crippen LogP) is 15.9. The van der Waals surface area contributed by atoms with Crippen LogP contribution in [-0.2, 0) is 98.7 Å². The molecule has 0 heterocycles. The van der Waals surface area contributed by atoms with Crippen molar-refractivity contribution in [3.05, 3.63) is 162 Å². The van der Waals surface area contributed by atoms with Crippen LogP contribution in [0.15, 0.2) is 72.8 Å². The van der Waals surface area contributed by atoms with Gasteiger partial charge in [-0.25, -0.2) is 0 Å². The third-order valence-corrected chi connectivity index (χ3v) is 16.5. The van der Waals surface area contributed by atoms with E-state index in [-0.39, 0.29) is 21.7 Å². The minimum absolute atomic E-state index is 0.0495. The van der Waals surface area contributed by atoms with Crippen molar-refractivity contribution in [2.24, 2.45) is 0 Å². The zero-order valence-electron chi connectivity index (χ0n) is 49.9. The summed E-state index contributed by atoms with van der Waals surface area (Å²) in [5.74, 6) is 5.85. The van der Waals surface area contributed by atoms with Crippen molar-refractivity contribution < 1.29 is 28.4 Å². The van der Waals surface area contributed by atoms with Gasteiger partial charge in [0.05, 0.1) is 42.7 Å². The lowest BCUT2D eigenvalue weighted by atomic mass is 9.82. The molecule has 6 nitrogen and oxygen atoms in total. The second-order valence-electron chi connectivity index (χ2n) is 26.0. The molecule has 0 aromatic heterocycles. The van der Waals surface area contributed by atoms with Crippen LogP contribution in [0.5, 0.6) is 34.5 Å². The van der Waals surface area contributed by atoms with Gasteiger partial charge in [0.1, 0.15) is 34.5 Å². The molecule has 6 aromatic carbocycles. The monoisotopic (exact) mass is 1030 g/mol. The molecule has 0 atom stereocenters. The van der Waals surface area contributed by atoms with Crippen LogP contribution in [0.25, 0.3) is 11.1 Å². The fourth-order valence-electron chi connectivity index (χ4n) is 12.0. The highest BCUT2D eigenvalue weighted by Crippen LogP contribution is 2.43. The molecule has 0 spiro atoms. The van der Waals surface area contributed by atoms with Crippen molar-refractivity contribution >= 4 is 0 Å². The van der Waals surface area contributed by atoms with Crippen molar-refractivity contribution in [2.45, 2.75) is 182 Å². The summed E-state index contributed by atoms with van der Waals surface area (Å²) in [6, 6.07) is 28.7. The first kappa shape index (κ1) is 56.3. The topological polar surface area (TPSA) is 55.4 Å². The van der Waals surface area contributed by atoms with E-state index in [1.165, 1.54) is 100 Å². The van der Waals surface area contributed by atoms with Crippen LogP contribution >= 0.6 is 0 Å². The van der Waals surface area contributed by atoms with Gasteiger partial charge in [-0.1, -0.05) is 132 Å². The second kappa shape index (κ2) is 22.2. The van der Waals surface area contributed by atoms with E-state index in [1.54, 1.807) is 0 Å². The lowest BCUT2D eigenvalue weighted by molar-refractivity contribution is 0.399. The van der Waals surface area contributed by atoms with Gasteiger partial charge < -0.3 is 28.4 Å². The molecule has 2 aliphatic rings. The van der Waals surface area contributed by atoms with Crippen LogP contribution in [0, 0.1) is 0 Å². The molecule has 0 unspecified atom stereocenters. The van der Waals surface area contributed by atoms with E-state index in [0.29, 0.717) is 0 Å². The Labute approximate surface area is 458 Å². The van der Waals surface area contributed by atoms with Gasteiger partial charge >= 0.3 is 0 Å². The Kier molecular flexibility index (Phi) is 16.5. The van der Waals surface area contributed by atoms with Gasteiger partial charge in [0.2, 0.25) is 0 Å². The summed E-state index contributed by atoms with van der Waals surface area (Å²) in [4.78, 5) is 0. The Balaban J connectivity index is 1.37. The summed E-state index contributed by atoms with van der Waals surface area (Å²) in [7, 11) is 11.0. The molecule has 8 rings (SSSR count). The minimum Gasteiger partial charge on any atom is -0.496 e. The maximum absolute atomic E-state index is 6.56. The Hall–Kier alpha value is -5.88. The predicted molar refractivity (Wildman–Crippen MR) is 316 cm³/mol. The molecular formula is C70H90O6. The zero-order valence-corrected chi connectivity index (χ0v) is 49.9. The van der Waals surface area contributed by atoms with Crippen LogP contribution < -0.4 is 28.4 Å². The number of hydrogen-bond acceptors (Lipinski definition) is 6. The van der Waals surface area contributed by atoms with Crippen LogP contribution in [-0.4, -0.2) is 42.7 Å². The molecule has 0 radical (unpaired) electrons. The lowest BCUT2D eigenvalue weighted by Crippen LogP contribution is -2.15. The molecule has 6 aromatic rings. The molecule has 12 bridgehead atoms. The molecule has 2 aliphatic carbocycles. The van der Waals surface area contributed by atoms with Gasteiger partial charge in [0.15, 0.2) is 0 Å². The normalized spacial score (nSPS) is 14.6. The summed E-state index contributed by atoms with van der Waals surface area (Å²) >= 11 is 0. The average molecular weight is 1030 g/mol. The molecular weight excluding hydrogens is 937 g/mol. The number of fused-ring (bicyclic) bond motifs is 12. The van der Waals surface area contributed by atoms with Crippen molar-refractivity contribution in [2.75, 3.05) is 42.7 Å². The van der Waals surface area contributed by atoms with Crippen molar-refractivity contribution in [1.29, 1.82) is 0 Å². The molecule has 0 saturated carbocycles. The number of benzene rings is 6. The number of aryl methyl sites for hydroxylation is 12. The number of ether oxygens (including phenoxy) is 6. The second-order valence-corrected chi connectivity index (χ2v) is 26.0. The van der Waals surface area contributed by atoms with E-state index in [1.807, 2.05) is 42.7 Å². The molecule has 0 N–H and O–H groups in total. The lowest BCUT2D eigenvalue weighted by Gasteiger charge is -2.25. The van der Waals surface area contributed by atoms with Crippen molar-refractivity contribution in [3.63, 3.8) is 0 Å². The summed E-state index contributed by atoms with van der Waals surface area (Å²) < 4.78 is 38.8. The van der Waals surface area contributed by atoms with Crippen LogP contribution in [0.2, 0.25) is 0 Å². The van der Waals surface area contributed by atoms with E-state index < -0.39 is 0 Å². The van der Waals surface area contributed by atoms with Gasteiger partial charge in [-0.15, -0.1) is 0 Å². The Bertz CT molecular complexity index is 2680.